The first kappa shape index (κ1) is 28.8. The van der Waals surface area contributed by atoms with Crippen LogP contribution in [0, 0.1) is 0 Å². The molecule has 0 bridgehead atoms. The summed E-state index contributed by atoms with van der Waals surface area (Å²) in [4.78, 5) is 12.3. The van der Waals surface area contributed by atoms with Gasteiger partial charge in [0.15, 0.2) is 18.1 Å². The zero-order chi connectivity index (χ0) is 29.5. The Balaban J connectivity index is 1.79. The number of carbonyl (C=O) groups excluding carboxylic acids is 1. The standard InChI is InChI=1S/C30H34F3N5O3/c1-19-26(22-10-12-24(41-4)13-11-22)38(28-23(17-39)16-35-37(28)27(19)30(31,32)33)36-15-14-34-18-29(36,3)25(20(2)40)21-8-6-5-7-9-21/h5-13,16-17,20,25,27,34,40H,14-15,18H2,1-4H3/t20?,25-,27?,29-/m0/s1. The van der Waals surface area contributed by atoms with Crippen molar-refractivity contribution < 1.29 is 27.8 Å². The SMILES string of the molecule is COc1ccc(C2=C(C)C(C(F)(F)F)n3ncc(C=O)c3N2N2CCNC[C@@]2(C)[C@H](c2ccccc2)C(C)O)cc1. The van der Waals surface area contributed by atoms with Gasteiger partial charge in [-0.1, -0.05) is 30.3 Å². The molecule has 8 nitrogen and oxygen atoms in total. The lowest BCUT2D eigenvalue weighted by molar-refractivity contribution is -0.160. The molecule has 2 N–H and O–H groups in total. The highest BCUT2D eigenvalue weighted by Crippen LogP contribution is 2.50. The van der Waals surface area contributed by atoms with Crippen molar-refractivity contribution in [3.63, 3.8) is 0 Å². The van der Waals surface area contributed by atoms with E-state index in [9.17, 15) is 23.1 Å². The quantitative estimate of drug-likeness (QED) is 0.396. The molecule has 3 aromatic rings. The molecule has 2 aliphatic rings. The molecule has 2 aliphatic heterocycles. The van der Waals surface area contributed by atoms with Gasteiger partial charge in [-0.3, -0.25) is 9.80 Å². The number of aliphatic hydroxyl groups excluding tert-OH is 1. The van der Waals surface area contributed by atoms with Gasteiger partial charge in [-0.05, 0) is 61.7 Å². The first-order valence-electron chi connectivity index (χ1n) is 13.5. The maximum Gasteiger partial charge on any atom is 0.414 e. The fourth-order valence-corrected chi connectivity index (χ4v) is 6.45. The summed E-state index contributed by atoms with van der Waals surface area (Å²) >= 11 is 0. The van der Waals surface area contributed by atoms with E-state index in [1.54, 1.807) is 36.2 Å². The van der Waals surface area contributed by atoms with Gasteiger partial charge in [0.05, 0.1) is 36.2 Å². The molecule has 5 rings (SSSR count). The smallest absolute Gasteiger partial charge is 0.414 e. The number of aromatic nitrogens is 2. The third-order valence-corrected chi connectivity index (χ3v) is 8.16. The Bertz CT molecular complexity index is 1420. The van der Waals surface area contributed by atoms with E-state index in [-0.39, 0.29) is 17.0 Å². The van der Waals surface area contributed by atoms with E-state index in [1.165, 1.54) is 20.2 Å². The number of nitrogens with zero attached hydrogens (tertiary/aromatic N) is 4. The van der Waals surface area contributed by atoms with Crippen molar-refractivity contribution in [3.8, 4) is 5.75 Å². The van der Waals surface area contributed by atoms with Crippen LogP contribution < -0.4 is 15.1 Å². The van der Waals surface area contributed by atoms with Crippen LogP contribution in [0.5, 0.6) is 5.75 Å². The van der Waals surface area contributed by atoms with Gasteiger partial charge in [-0.25, -0.2) is 9.69 Å². The number of allylic oxidation sites excluding steroid dienone is 1. The number of fused-ring (bicyclic) bond motifs is 1. The molecule has 1 saturated heterocycles. The van der Waals surface area contributed by atoms with Crippen molar-refractivity contribution in [2.45, 2.75) is 50.6 Å². The van der Waals surface area contributed by atoms with Gasteiger partial charge in [0.2, 0.25) is 0 Å². The number of carbonyl (C=O) groups is 1. The van der Waals surface area contributed by atoms with Gasteiger partial charge in [0.25, 0.3) is 0 Å². The summed E-state index contributed by atoms with van der Waals surface area (Å²) in [6, 6.07) is 14.3. The van der Waals surface area contributed by atoms with Crippen molar-refractivity contribution in [1.29, 1.82) is 0 Å². The number of ether oxygens (including phenoxy) is 1. The highest BCUT2D eigenvalue weighted by Gasteiger charge is 2.54. The second kappa shape index (κ2) is 11.0. The summed E-state index contributed by atoms with van der Waals surface area (Å²) in [6.07, 6.45) is -3.76. The zero-order valence-corrected chi connectivity index (χ0v) is 23.4. The van der Waals surface area contributed by atoms with E-state index in [1.807, 2.05) is 42.3 Å². The Labute approximate surface area is 237 Å². The Morgan fingerprint density at radius 1 is 1.17 bits per heavy atom. The Kier molecular flexibility index (Phi) is 7.71. The number of hydrogen-bond donors (Lipinski definition) is 2. The van der Waals surface area contributed by atoms with E-state index in [2.05, 4.69) is 10.4 Å². The Morgan fingerprint density at radius 2 is 1.85 bits per heavy atom. The molecule has 2 unspecified atom stereocenters. The monoisotopic (exact) mass is 569 g/mol. The van der Waals surface area contributed by atoms with Crippen molar-refractivity contribution in [2.75, 3.05) is 31.8 Å². The topological polar surface area (TPSA) is 82.9 Å². The molecule has 0 amide bonds. The average Bonchev–Trinajstić information content (AvgIpc) is 3.35. The second-order valence-corrected chi connectivity index (χ2v) is 10.8. The van der Waals surface area contributed by atoms with E-state index >= 15 is 0 Å². The van der Waals surface area contributed by atoms with Crippen molar-refractivity contribution >= 4 is 17.8 Å². The van der Waals surface area contributed by atoms with Crippen LogP contribution in [0.25, 0.3) is 5.70 Å². The molecule has 218 valence electrons. The van der Waals surface area contributed by atoms with E-state index in [0.29, 0.717) is 42.9 Å². The molecule has 0 spiro atoms. The number of benzene rings is 2. The van der Waals surface area contributed by atoms with Gasteiger partial charge in [0, 0.05) is 25.6 Å². The van der Waals surface area contributed by atoms with Crippen LogP contribution in [-0.4, -0.2) is 70.7 Å². The van der Waals surface area contributed by atoms with Gasteiger partial charge in [-0.2, -0.15) is 18.3 Å². The van der Waals surface area contributed by atoms with E-state index in [4.69, 9.17) is 4.74 Å². The maximum absolute atomic E-state index is 14.7. The molecule has 3 heterocycles. The molecule has 0 saturated carbocycles. The first-order valence-corrected chi connectivity index (χ1v) is 13.5. The fraction of sp³-hybridized carbons (Fsp3) is 0.400. The van der Waals surface area contributed by atoms with Crippen molar-refractivity contribution in [3.05, 3.63) is 83.1 Å². The fourth-order valence-electron chi connectivity index (χ4n) is 6.45. The lowest BCUT2D eigenvalue weighted by Crippen LogP contribution is -2.69. The number of rotatable bonds is 7. The van der Waals surface area contributed by atoms with Crippen LogP contribution in [-0.2, 0) is 0 Å². The second-order valence-electron chi connectivity index (χ2n) is 10.8. The van der Waals surface area contributed by atoms with Gasteiger partial charge in [-0.15, -0.1) is 0 Å². The van der Waals surface area contributed by atoms with Crippen molar-refractivity contribution in [2.24, 2.45) is 0 Å². The predicted molar refractivity (Wildman–Crippen MR) is 150 cm³/mol. The number of hydrazine groups is 1. The summed E-state index contributed by atoms with van der Waals surface area (Å²) < 4.78 is 50.3. The normalized spacial score (nSPS) is 23.2. The molecule has 1 aromatic heterocycles. The van der Waals surface area contributed by atoms with Gasteiger partial charge in [0.1, 0.15) is 5.75 Å². The number of aldehydes is 1. The summed E-state index contributed by atoms with van der Waals surface area (Å²) in [7, 11) is 1.52. The van der Waals surface area contributed by atoms with Gasteiger partial charge >= 0.3 is 6.18 Å². The third kappa shape index (κ3) is 4.92. The van der Waals surface area contributed by atoms with Crippen LogP contribution in [0.15, 0.2) is 66.4 Å². The predicted octanol–water partition coefficient (Wildman–Crippen LogP) is 4.80. The average molecular weight is 570 g/mol. The molecule has 11 heteroatoms. The number of nitrogens with one attached hydrogen (secondary N) is 1. The van der Waals surface area contributed by atoms with Crippen LogP contribution >= 0.6 is 0 Å². The molecule has 1 fully saturated rings. The number of aliphatic hydroxyl groups is 1. The van der Waals surface area contributed by atoms with Gasteiger partial charge < -0.3 is 15.2 Å². The lowest BCUT2D eigenvalue weighted by atomic mass is 9.75. The number of methoxy groups -OCH3 is 1. The number of hydrogen-bond acceptors (Lipinski definition) is 7. The van der Waals surface area contributed by atoms with Crippen LogP contribution in [0.3, 0.4) is 0 Å². The minimum absolute atomic E-state index is 0.0317. The minimum Gasteiger partial charge on any atom is -0.497 e. The zero-order valence-electron chi connectivity index (χ0n) is 23.4. The molecular formula is C30H34F3N5O3. The number of anilines is 1. The Hall–Kier alpha value is -3.67. The molecule has 4 atom stereocenters. The largest absolute Gasteiger partial charge is 0.497 e. The summed E-state index contributed by atoms with van der Waals surface area (Å²) in [6.45, 7) is 6.52. The molecule has 41 heavy (non-hydrogen) atoms. The summed E-state index contributed by atoms with van der Waals surface area (Å²) in [5, 5.41) is 22.4. The van der Waals surface area contributed by atoms with Crippen LogP contribution in [0.4, 0.5) is 19.0 Å². The van der Waals surface area contributed by atoms with E-state index in [0.717, 1.165) is 10.2 Å². The summed E-state index contributed by atoms with van der Waals surface area (Å²) in [5.41, 5.74) is 0.940. The molecule has 2 aromatic carbocycles. The van der Waals surface area contributed by atoms with Crippen molar-refractivity contribution in [1.82, 2.24) is 20.1 Å². The van der Waals surface area contributed by atoms with E-state index < -0.39 is 29.8 Å². The highest BCUT2D eigenvalue weighted by molar-refractivity contribution is 5.91. The Morgan fingerprint density at radius 3 is 2.44 bits per heavy atom. The number of piperazine rings is 1. The summed E-state index contributed by atoms with van der Waals surface area (Å²) in [5.74, 6) is 0.153. The number of alkyl halides is 3. The van der Waals surface area contributed by atoms with Crippen LogP contribution in [0.2, 0.25) is 0 Å². The third-order valence-electron chi connectivity index (χ3n) is 8.16. The highest BCUT2D eigenvalue weighted by atomic mass is 19.4. The maximum atomic E-state index is 14.7. The minimum atomic E-state index is -4.67. The first-order chi connectivity index (χ1) is 19.5. The van der Waals surface area contributed by atoms with Crippen LogP contribution in [0.1, 0.15) is 54.2 Å². The molecule has 0 aliphatic carbocycles. The molecular weight excluding hydrogens is 535 g/mol. The molecule has 0 radical (unpaired) electrons. The lowest BCUT2D eigenvalue weighted by Gasteiger charge is -2.56. The number of halogens is 3.